The van der Waals surface area contributed by atoms with Gasteiger partial charge in [0.2, 0.25) is 0 Å². The van der Waals surface area contributed by atoms with E-state index in [1.807, 2.05) is 41.8 Å². The molecular formula is C20H15BrN6OS. The zero-order valence-corrected chi connectivity index (χ0v) is 17.5. The number of hydrogen-bond acceptors (Lipinski definition) is 6. The van der Waals surface area contributed by atoms with Gasteiger partial charge in [-0.25, -0.2) is 9.67 Å². The Morgan fingerprint density at radius 1 is 1.21 bits per heavy atom. The highest BCUT2D eigenvalue weighted by Crippen LogP contribution is 2.42. The van der Waals surface area contributed by atoms with Gasteiger partial charge >= 0.3 is 0 Å². The first-order chi connectivity index (χ1) is 14.2. The van der Waals surface area contributed by atoms with E-state index >= 15 is 0 Å². The van der Waals surface area contributed by atoms with Crippen LogP contribution in [-0.2, 0) is 0 Å². The number of hydrogen-bond donors (Lipinski definition) is 1. The molecule has 0 unspecified atom stereocenters. The highest BCUT2D eigenvalue weighted by molar-refractivity contribution is 9.10. The van der Waals surface area contributed by atoms with Crippen LogP contribution in [0.2, 0.25) is 0 Å². The van der Waals surface area contributed by atoms with Crippen molar-refractivity contribution in [1.29, 1.82) is 0 Å². The fourth-order valence-corrected chi connectivity index (χ4v) is 4.06. The summed E-state index contributed by atoms with van der Waals surface area (Å²) >= 11 is 4.81. The Morgan fingerprint density at radius 3 is 2.76 bits per heavy atom. The molecule has 0 bridgehead atoms. The Bertz CT molecular complexity index is 1170. The lowest BCUT2D eigenvalue weighted by molar-refractivity contribution is 0.102. The lowest BCUT2D eigenvalue weighted by Gasteiger charge is -2.07. The molecule has 3 aromatic heterocycles. The van der Waals surface area contributed by atoms with E-state index in [4.69, 9.17) is 0 Å². The number of benzene rings is 1. The van der Waals surface area contributed by atoms with Crippen LogP contribution in [0, 0.1) is 0 Å². The number of halogens is 1. The van der Waals surface area contributed by atoms with Crippen LogP contribution in [0.5, 0.6) is 0 Å². The van der Waals surface area contributed by atoms with Gasteiger partial charge in [0, 0.05) is 33.7 Å². The molecule has 1 N–H and O–H groups in total. The Morgan fingerprint density at radius 2 is 2.03 bits per heavy atom. The van der Waals surface area contributed by atoms with Gasteiger partial charge in [-0.2, -0.15) is 0 Å². The fourth-order valence-electron chi connectivity index (χ4n) is 3.08. The van der Waals surface area contributed by atoms with Gasteiger partial charge < -0.3 is 0 Å². The first-order valence-electron chi connectivity index (χ1n) is 9.08. The summed E-state index contributed by atoms with van der Waals surface area (Å²) in [5.41, 5.74) is 3.78. The van der Waals surface area contributed by atoms with E-state index in [0.717, 1.165) is 40.0 Å². The minimum absolute atomic E-state index is 0.289. The van der Waals surface area contributed by atoms with E-state index < -0.39 is 0 Å². The van der Waals surface area contributed by atoms with E-state index in [1.54, 1.807) is 17.1 Å². The van der Waals surface area contributed by atoms with Gasteiger partial charge in [-0.15, -0.1) is 16.4 Å². The van der Waals surface area contributed by atoms with Crippen LogP contribution in [0.1, 0.15) is 34.9 Å². The third-order valence-electron chi connectivity index (χ3n) is 4.64. The van der Waals surface area contributed by atoms with E-state index in [1.165, 1.54) is 11.3 Å². The Kier molecular flexibility index (Phi) is 4.69. The van der Waals surface area contributed by atoms with Crippen molar-refractivity contribution >= 4 is 38.3 Å². The number of rotatable bonds is 5. The first kappa shape index (κ1) is 18.1. The minimum atomic E-state index is -0.289. The lowest BCUT2D eigenvalue weighted by Crippen LogP contribution is -2.15. The van der Waals surface area contributed by atoms with E-state index in [9.17, 15) is 4.79 Å². The third-order valence-corrected chi connectivity index (χ3v) is 5.92. The maximum Gasteiger partial charge on any atom is 0.279 e. The summed E-state index contributed by atoms with van der Waals surface area (Å²) in [6.07, 6.45) is 5.53. The zero-order valence-electron chi connectivity index (χ0n) is 15.1. The molecule has 144 valence electrons. The number of nitrogens with one attached hydrogen (secondary N) is 1. The second-order valence-corrected chi connectivity index (χ2v) is 8.49. The largest absolute Gasteiger partial charge is 0.296 e. The Labute approximate surface area is 179 Å². The molecule has 0 atom stereocenters. The molecule has 0 saturated heterocycles. The SMILES string of the molecule is O=C(Nc1nc(-c2cccnc2)cs1)c1nnn(-c2ccc(Br)cc2)c1C1CC1. The van der Waals surface area contributed by atoms with Gasteiger partial charge in [-0.05, 0) is 49.2 Å². The van der Waals surface area contributed by atoms with Crippen molar-refractivity contribution in [2.45, 2.75) is 18.8 Å². The molecule has 7 nitrogen and oxygen atoms in total. The number of aromatic nitrogens is 5. The summed E-state index contributed by atoms with van der Waals surface area (Å²) in [4.78, 5) is 21.5. The second-order valence-electron chi connectivity index (χ2n) is 6.72. The predicted molar refractivity (Wildman–Crippen MR) is 114 cm³/mol. The van der Waals surface area contributed by atoms with Crippen molar-refractivity contribution in [3.8, 4) is 16.9 Å². The molecule has 1 saturated carbocycles. The average Bonchev–Trinajstić information content (AvgIpc) is 3.31. The van der Waals surface area contributed by atoms with Crippen LogP contribution < -0.4 is 5.32 Å². The van der Waals surface area contributed by atoms with Gasteiger partial charge in [0.1, 0.15) is 0 Å². The third kappa shape index (κ3) is 3.70. The van der Waals surface area contributed by atoms with Crippen LogP contribution in [0.15, 0.2) is 58.6 Å². The topological polar surface area (TPSA) is 85.6 Å². The summed E-state index contributed by atoms with van der Waals surface area (Å²) in [6.45, 7) is 0. The molecule has 1 aromatic carbocycles. The van der Waals surface area contributed by atoms with Gasteiger partial charge in [0.05, 0.1) is 17.1 Å². The predicted octanol–water partition coefficient (Wildman–Crippen LogP) is 4.68. The van der Waals surface area contributed by atoms with Crippen molar-refractivity contribution in [2.24, 2.45) is 0 Å². The Balaban J connectivity index is 1.42. The van der Waals surface area contributed by atoms with E-state index in [0.29, 0.717) is 16.7 Å². The van der Waals surface area contributed by atoms with Gasteiger partial charge in [0.15, 0.2) is 10.8 Å². The molecular weight excluding hydrogens is 452 g/mol. The zero-order chi connectivity index (χ0) is 19.8. The Hall–Kier alpha value is -2.91. The second kappa shape index (κ2) is 7.49. The molecule has 1 aliphatic rings. The van der Waals surface area contributed by atoms with E-state index in [-0.39, 0.29) is 5.91 Å². The van der Waals surface area contributed by atoms with Crippen molar-refractivity contribution in [2.75, 3.05) is 5.32 Å². The molecule has 0 spiro atoms. The first-order valence-corrected chi connectivity index (χ1v) is 10.7. The number of pyridine rings is 1. The summed E-state index contributed by atoms with van der Waals surface area (Å²) < 4.78 is 2.75. The molecule has 3 heterocycles. The summed E-state index contributed by atoms with van der Waals surface area (Å²) in [6, 6.07) is 11.6. The summed E-state index contributed by atoms with van der Waals surface area (Å²) in [7, 11) is 0. The number of carbonyl (C=O) groups excluding carboxylic acids is 1. The average molecular weight is 467 g/mol. The van der Waals surface area contributed by atoms with Crippen molar-refractivity contribution < 1.29 is 4.79 Å². The molecule has 1 fully saturated rings. The summed E-state index contributed by atoms with van der Waals surface area (Å²) in [5, 5.41) is 13.7. The van der Waals surface area contributed by atoms with E-state index in [2.05, 4.69) is 41.5 Å². The quantitative estimate of drug-likeness (QED) is 0.461. The number of nitrogens with zero attached hydrogens (tertiary/aromatic N) is 5. The van der Waals surface area contributed by atoms with Crippen LogP contribution in [-0.4, -0.2) is 30.9 Å². The van der Waals surface area contributed by atoms with Crippen molar-refractivity contribution in [3.05, 3.63) is 70.0 Å². The maximum absolute atomic E-state index is 12.9. The lowest BCUT2D eigenvalue weighted by atomic mass is 10.2. The standard InChI is InChI=1S/C20H15BrN6OS/c21-14-5-7-15(8-6-14)27-18(12-3-4-12)17(25-26-27)19(28)24-20-23-16(11-29-20)13-2-1-9-22-10-13/h1-2,5-12H,3-4H2,(H,23,24,28). The fraction of sp³-hybridized carbons (Fsp3) is 0.150. The van der Waals surface area contributed by atoms with Gasteiger partial charge in [0.25, 0.3) is 5.91 Å². The molecule has 0 aliphatic heterocycles. The number of thiazole rings is 1. The van der Waals surface area contributed by atoms with Gasteiger partial charge in [-0.1, -0.05) is 21.1 Å². The van der Waals surface area contributed by atoms with Crippen LogP contribution in [0.25, 0.3) is 16.9 Å². The van der Waals surface area contributed by atoms with Gasteiger partial charge in [-0.3, -0.25) is 15.1 Å². The summed E-state index contributed by atoms with van der Waals surface area (Å²) in [5.74, 6) is 0.0130. The van der Waals surface area contributed by atoms with Crippen LogP contribution >= 0.6 is 27.3 Å². The number of carbonyl (C=O) groups is 1. The monoisotopic (exact) mass is 466 g/mol. The minimum Gasteiger partial charge on any atom is -0.296 e. The van der Waals surface area contributed by atoms with Crippen LogP contribution in [0.4, 0.5) is 5.13 Å². The molecule has 29 heavy (non-hydrogen) atoms. The number of anilines is 1. The van der Waals surface area contributed by atoms with Crippen molar-refractivity contribution in [1.82, 2.24) is 25.0 Å². The van der Waals surface area contributed by atoms with Crippen molar-refractivity contribution in [3.63, 3.8) is 0 Å². The number of amides is 1. The molecule has 1 aliphatic carbocycles. The normalized spacial score (nSPS) is 13.4. The highest BCUT2D eigenvalue weighted by atomic mass is 79.9. The molecule has 9 heteroatoms. The molecule has 4 aromatic rings. The highest BCUT2D eigenvalue weighted by Gasteiger charge is 2.34. The smallest absolute Gasteiger partial charge is 0.279 e. The van der Waals surface area contributed by atoms with Crippen LogP contribution in [0.3, 0.4) is 0 Å². The molecule has 5 rings (SSSR count). The molecule has 0 radical (unpaired) electrons. The maximum atomic E-state index is 12.9. The molecule has 1 amide bonds.